The van der Waals surface area contributed by atoms with Gasteiger partial charge in [-0.25, -0.2) is 4.63 Å². The van der Waals surface area contributed by atoms with Crippen molar-refractivity contribution in [3.63, 3.8) is 0 Å². The molecule has 26 heavy (non-hydrogen) atoms. The quantitative estimate of drug-likeness (QED) is 0.752. The first-order valence-electron chi connectivity index (χ1n) is 8.34. The normalized spacial score (nSPS) is 10.6. The van der Waals surface area contributed by atoms with Gasteiger partial charge in [0, 0.05) is 5.56 Å². The Hall–Kier alpha value is -3.15. The Morgan fingerprint density at radius 2 is 1.73 bits per heavy atom. The van der Waals surface area contributed by atoms with Crippen LogP contribution < -0.4 is 10.1 Å². The van der Waals surface area contributed by atoms with Crippen LogP contribution >= 0.6 is 0 Å². The van der Waals surface area contributed by atoms with Gasteiger partial charge in [0.15, 0.2) is 12.3 Å². The zero-order valence-corrected chi connectivity index (χ0v) is 15.3. The maximum Gasteiger partial charge on any atom is 0.263 e. The maximum atomic E-state index is 12.3. The van der Waals surface area contributed by atoms with Crippen LogP contribution in [-0.2, 0) is 4.79 Å². The van der Waals surface area contributed by atoms with E-state index in [0.29, 0.717) is 5.69 Å². The molecule has 0 atom stereocenters. The zero-order chi connectivity index (χ0) is 18.7. The molecule has 3 aromatic rings. The van der Waals surface area contributed by atoms with Crippen LogP contribution in [0.15, 0.2) is 41.0 Å². The van der Waals surface area contributed by atoms with E-state index in [-0.39, 0.29) is 18.3 Å². The summed E-state index contributed by atoms with van der Waals surface area (Å²) in [6, 6.07) is 11.7. The summed E-state index contributed by atoms with van der Waals surface area (Å²) in [6.45, 7) is 7.82. The lowest BCUT2D eigenvalue weighted by molar-refractivity contribution is -0.118. The zero-order valence-electron chi connectivity index (χ0n) is 15.3. The fourth-order valence-corrected chi connectivity index (χ4v) is 2.68. The summed E-state index contributed by atoms with van der Waals surface area (Å²) in [7, 11) is 0. The van der Waals surface area contributed by atoms with Crippen molar-refractivity contribution < 1.29 is 14.2 Å². The van der Waals surface area contributed by atoms with Crippen LogP contribution in [0.25, 0.3) is 11.3 Å². The van der Waals surface area contributed by atoms with E-state index in [1.54, 1.807) is 0 Å². The number of carbonyl (C=O) groups excluding carboxylic acids is 1. The SMILES string of the molecule is Cc1ccc(-c2nonc2NC(=O)COc2c(C)cccc2C)cc1C. The summed E-state index contributed by atoms with van der Waals surface area (Å²) < 4.78 is 10.5. The Bertz CT molecular complexity index is 927. The molecule has 0 bridgehead atoms. The predicted molar refractivity (Wildman–Crippen MR) is 99.2 cm³/mol. The Labute approximate surface area is 152 Å². The first-order chi connectivity index (χ1) is 12.5. The van der Waals surface area contributed by atoms with Crippen molar-refractivity contribution in [3.8, 4) is 17.0 Å². The largest absolute Gasteiger partial charge is 0.483 e. The molecule has 0 aliphatic carbocycles. The molecule has 0 radical (unpaired) electrons. The number of amides is 1. The van der Waals surface area contributed by atoms with Crippen LogP contribution in [0.1, 0.15) is 22.3 Å². The molecule has 2 aromatic carbocycles. The Morgan fingerprint density at radius 1 is 1.00 bits per heavy atom. The number of hydrogen-bond acceptors (Lipinski definition) is 5. The van der Waals surface area contributed by atoms with Gasteiger partial charge >= 0.3 is 0 Å². The van der Waals surface area contributed by atoms with Crippen LogP contribution in [0.5, 0.6) is 5.75 Å². The molecular formula is C20H21N3O3. The first-order valence-corrected chi connectivity index (χ1v) is 8.34. The third-order valence-electron chi connectivity index (χ3n) is 4.28. The van der Waals surface area contributed by atoms with Gasteiger partial charge in [0.25, 0.3) is 5.91 Å². The van der Waals surface area contributed by atoms with Crippen molar-refractivity contribution in [3.05, 3.63) is 58.7 Å². The summed E-state index contributed by atoms with van der Waals surface area (Å²) in [4.78, 5) is 12.3. The number of ether oxygens (including phenoxy) is 1. The number of para-hydroxylation sites is 1. The van der Waals surface area contributed by atoms with E-state index in [9.17, 15) is 4.79 Å². The fraction of sp³-hybridized carbons (Fsp3) is 0.250. The number of aromatic nitrogens is 2. The first kappa shape index (κ1) is 17.7. The van der Waals surface area contributed by atoms with Crippen molar-refractivity contribution in [1.29, 1.82) is 0 Å². The summed E-state index contributed by atoms with van der Waals surface area (Å²) in [5, 5.41) is 10.4. The van der Waals surface area contributed by atoms with E-state index in [4.69, 9.17) is 9.37 Å². The Balaban J connectivity index is 1.71. The van der Waals surface area contributed by atoms with Gasteiger partial charge < -0.3 is 10.1 Å². The number of nitrogens with zero attached hydrogens (tertiary/aromatic N) is 2. The number of benzene rings is 2. The Kier molecular flexibility index (Phi) is 5.02. The summed E-state index contributed by atoms with van der Waals surface area (Å²) >= 11 is 0. The van der Waals surface area contributed by atoms with Gasteiger partial charge in [-0.3, -0.25) is 4.79 Å². The predicted octanol–water partition coefficient (Wildman–Crippen LogP) is 3.99. The topological polar surface area (TPSA) is 77.3 Å². The molecule has 1 aromatic heterocycles. The number of hydrogen-bond donors (Lipinski definition) is 1. The number of aryl methyl sites for hydroxylation is 4. The lowest BCUT2D eigenvalue weighted by Crippen LogP contribution is -2.21. The molecule has 0 unspecified atom stereocenters. The molecule has 6 heteroatoms. The third-order valence-corrected chi connectivity index (χ3v) is 4.28. The second-order valence-corrected chi connectivity index (χ2v) is 6.32. The highest BCUT2D eigenvalue weighted by Gasteiger charge is 2.16. The molecular weight excluding hydrogens is 330 g/mol. The van der Waals surface area contributed by atoms with Gasteiger partial charge in [-0.2, -0.15) is 0 Å². The molecule has 0 fully saturated rings. The van der Waals surface area contributed by atoms with Gasteiger partial charge in [-0.05, 0) is 66.3 Å². The van der Waals surface area contributed by atoms with E-state index in [1.807, 2.05) is 64.1 Å². The van der Waals surface area contributed by atoms with Crippen molar-refractivity contribution in [2.24, 2.45) is 0 Å². The minimum absolute atomic E-state index is 0.120. The van der Waals surface area contributed by atoms with Crippen molar-refractivity contribution in [2.75, 3.05) is 11.9 Å². The summed E-state index contributed by atoms with van der Waals surface area (Å²) in [5.74, 6) is 0.673. The van der Waals surface area contributed by atoms with Gasteiger partial charge in [0.2, 0.25) is 5.82 Å². The van der Waals surface area contributed by atoms with Crippen LogP contribution in [-0.4, -0.2) is 22.8 Å². The van der Waals surface area contributed by atoms with Crippen LogP contribution in [0.3, 0.4) is 0 Å². The second kappa shape index (κ2) is 7.39. The van der Waals surface area contributed by atoms with Crippen molar-refractivity contribution in [2.45, 2.75) is 27.7 Å². The summed E-state index contributed by atoms with van der Waals surface area (Å²) in [5.41, 5.74) is 5.60. The van der Waals surface area contributed by atoms with E-state index in [1.165, 1.54) is 5.56 Å². The van der Waals surface area contributed by atoms with E-state index < -0.39 is 0 Å². The highest BCUT2D eigenvalue weighted by atomic mass is 16.6. The molecule has 1 heterocycles. The van der Waals surface area contributed by atoms with E-state index in [2.05, 4.69) is 15.6 Å². The standard InChI is InChI=1S/C20H21N3O3/c1-12-8-9-16(10-15(12)4)18-20(23-26-22-18)21-17(24)11-25-19-13(2)6-5-7-14(19)3/h5-10H,11H2,1-4H3,(H,21,23,24). The lowest BCUT2D eigenvalue weighted by Gasteiger charge is -2.11. The minimum atomic E-state index is -0.326. The molecule has 0 aliphatic heterocycles. The van der Waals surface area contributed by atoms with Gasteiger partial charge in [-0.1, -0.05) is 30.3 Å². The highest BCUT2D eigenvalue weighted by Crippen LogP contribution is 2.26. The van der Waals surface area contributed by atoms with Crippen molar-refractivity contribution in [1.82, 2.24) is 10.3 Å². The monoisotopic (exact) mass is 351 g/mol. The molecule has 3 rings (SSSR count). The van der Waals surface area contributed by atoms with Crippen LogP contribution in [0.4, 0.5) is 5.82 Å². The Morgan fingerprint density at radius 3 is 2.42 bits per heavy atom. The molecule has 6 nitrogen and oxygen atoms in total. The number of anilines is 1. The lowest BCUT2D eigenvalue weighted by atomic mass is 10.0. The number of nitrogens with one attached hydrogen (secondary N) is 1. The average Bonchev–Trinajstić information content (AvgIpc) is 3.05. The van der Waals surface area contributed by atoms with Gasteiger partial charge in [-0.15, -0.1) is 0 Å². The number of rotatable bonds is 5. The molecule has 1 N–H and O–H groups in total. The third kappa shape index (κ3) is 3.74. The maximum absolute atomic E-state index is 12.3. The van der Waals surface area contributed by atoms with Crippen LogP contribution in [0.2, 0.25) is 0 Å². The summed E-state index contributed by atoms with van der Waals surface area (Å²) in [6.07, 6.45) is 0. The van der Waals surface area contributed by atoms with Gasteiger partial charge in [0.1, 0.15) is 5.75 Å². The smallest absolute Gasteiger partial charge is 0.263 e. The highest BCUT2D eigenvalue weighted by molar-refractivity contribution is 5.94. The molecule has 0 saturated heterocycles. The molecule has 0 spiro atoms. The van der Waals surface area contributed by atoms with Crippen LogP contribution in [0, 0.1) is 27.7 Å². The van der Waals surface area contributed by atoms with E-state index in [0.717, 1.165) is 28.0 Å². The van der Waals surface area contributed by atoms with Crippen molar-refractivity contribution >= 4 is 11.7 Å². The number of carbonyl (C=O) groups is 1. The molecule has 0 saturated carbocycles. The average molecular weight is 351 g/mol. The molecule has 0 aliphatic rings. The second-order valence-electron chi connectivity index (χ2n) is 6.32. The van der Waals surface area contributed by atoms with Gasteiger partial charge in [0.05, 0.1) is 0 Å². The molecule has 134 valence electrons. The van der Waals surface area contributed by atoms with E-state index >= 15 is 0 Å². The minimum Gasteiger partial charge on any atom is -0.483 e. The molecule has 1 amide bonds. The fourth-order valence-electron chi connectivity index (χ4n) is 2.68.